The van der Waals surface area contributed by atoms with Crippen LogP contribution >= 0.6 is 0 Å². The van der Waals surface area contributed by atoms with Gasteiger partial charge in [-0.3, -0.25) is 0 Å². The zero-order valence-corrected chi connectivity index (χ0v) is 15.3. The first-order valence-corrected chi connectivity index (χ1v) is 9.88. The standard InChI is InChI=1S/C17H21FN4O3S/c1-25-16-6-5-14(11-15(16)18)26(23,24)20-12-13-7-8-19-17(21-13)22-9-3-2-4-10-22/h5-8,11,20H,2-4,9-10,12H2,1H3. The van der Waals surface area contributed by atoms with Gasteiger partial charge in [0.25, 0.3) is 0 Å². The van der Waals surface area contributed by atoms with Gasteiger partial charge in [-0.05, 0) is 43.5 Å². The number of aromatic nitrogens is 2. The Morgan fingerprint density at radius 3 is 2.69 bits per heavy atom. The Morgan fingerprint density at radius 1 is 1.23 bits per heavy atom. The Kier molecular flexibility index (Phi) is 5.67. The van der Waals surface area contributed by atoms with Crippen molar-refractivity contribution in [3.63, 3.8) is 0 Å². The third-order valence-electron chi connectivity index (χ3n) is 4.22. The van der Waals surface area contributed by atoms with Crippen LogP contribution in [0, 0.1) is 5.82 Å². The van der Waals surface area contributed by atoms with Crippen LogP contribution in [0.3, 0.4) is 0 Å². The molecule has 0 amide bonds. The molecule has 1 aromatic heterocycles. The van der Waals surface area contributed by atoms with Crippen LogP contribution in [-0.2, 0) is 16.6 Å². The van der Waals surface area contributed by atoms with Gasteiger partial charge in [0.15, 0.2) is 11.6 Å². The van der Waals surface area contributed by atoms with E-state index in [1.165, 1.54) is 25.7 Å². The van der Waals surface area contributed by atoms with Gasteiger partial charge < -0.3 is 9.64 Å². The highest BCUT2D eigenvalue weighted by Gasteiger charge is 2.18. The van der Waals surface area contributed by atoms with Gasteiger partial charge in [-0.15, -0.1) is 0 Å². The first kappa shape index (κ1) is 18.5. The molecule has 0 unspecified atom stereocenters. The fourth-order valence-electron chi connectivity index (χ4n) is 2.80. The molecule has 0 spiro atoms. The van der Waals surface area contributed by atoms with E-state index < -0.39 is 15.8 Å². The summed E-state index contributed by atoms with van der Waals surface area (Å²) in [4.78, 5) is 10.6. The molecule has 140 valence electrons. The molecule has 26 heavy (non-hydrogen) atoms. The fraction of sp³-hybridized carbons (Fsp3) is 0.412. The number of nitrogens with one attached hydrogen (secondary N) is 1. The molecule has 1 saturated heterocycles. The number of sulfonamides is 1. The number of methoxy groups -OCH3 is 1. The number of ether oxygens (including phenoxy) is 1. The highest BCUT2D eigenvalue weighted by Crippen LogP contribution is 2.21. The smallest absolute Gasteiger partial charge is 0.241 e. The van der Waals surface area contributed by atoms with E-state index in [1.807, 2.05) is 0 Å². The summed E-state index contributed by atoms with van der Waals surface area (Å²) in [5.41, 5.74) is 0.554. The van der Waals surface area contributed by atoms with Crippen LogP contribution in [0.2, 0.25) is 0 Å². The zero-order valence-electron chi connectivity index (χ0n) is 14.5. The second-order valence-electron chi connectivity index (χ2n) is 6.02. The minimum Gasteiger partial charge on any atom is -0.494 e. The second kappa shape index (κ2) is 7.96. The number of anilines is 1. The monoisotopic (exact) mass is 380 g/mol. The zero-order chi connectivity index (χ0) is 18.6. The van der Waals surface area contributed by atoms with Crippen molar-refractivity contribution in [1.29, 1.82) is 0 Å². The van der Waals surface area contributed by atoms with Crippen LogP contribution in [0.4, 0.5) is 10.3 Å². The lowest BCUT2D eigenvalue weighted by Gasteiger charge is -2.26. The van der Waals surface area contributed by atoms with Gasteiger partial charge in [0.1, 0.15) is 0 Å². The maximum absolute atomic E-state index is 13.8. The lowest BCUT2D eigenvalue weighted by molar-refractivity contribution is 0.385. The summed E-state index contributed by atoms with van der Waals surface area (Å²) in [6.07, 6.45) is 5.02. The van der Waals surface area contributed by atoms with Crippen LogP contribution in [0.15, 0.2) is 35.4 Å². The normalized spacial score (nSPS) is 15.1. The van der Waals surface area contributed by atoms with Crippen LogP contribution in [0.25, 0.3) is 0 Å². The molecule has 0 bridgehead atoms. The van der Waals surface area contributed by atoms with Crippen molar-refractivity contribution in [3.8, 4) is 5.75 Å². The van der Waals surface area contributed by atoms with Crippen LogP contribution in [0.1, 0.15) is 25.0 Å². The van der Waals surface area contributed by atoms with Crippen molar-refractivity contribution in [1.82, 2.24) is 14.7 Å². The van der Waals surface area contributed by atoms with Crippen LogP contribution in [0.5, 0.6) is 5.75 Å². The van der Waals surface area contributed by atoms with Crippen molar-refractivity contribution in [3.05, 3.63) is 42.0 Å². The first-order valence-electron chi connectivity index (χ1n) is 8.40. The average Bonchev–Trinajstić information content (AvgIpc) is 2.67. The lowest BCUT2D eigenvalue weighted by Crippen LogP contribution is -2.31. The lowest BCUT2D eigenvalue weighted by atomic mass is 10.1. The topological polar surface area (TPSA) is 84.4 Å². The molecular formula is C17H21FN4O3S. The minimum absolute atomic E-state index is 0.000653. The summed E-state index contributed by atoms with van der Waals surface area (Å²) < 4.78 is 45.7. The highest BCUT2D eigenvalue weighted by molar-refractivity contribution is 7.89. The molecular weight excluding hydrogens is 359 g/mol. The first-order chi connectivity index (χ1) is 12.5. The molecule has 1 fully saturated rings. The number of piperidine rings is 1. The van der Waals surface area contributed by atoms with Crippen molar-refractivity contribution in [2.24, 2.45) is 0 Å². The van der Waals surface area contributed by atoms with E-state index in [0.29, 0.717) is 11.6 Å². The van der Waals surface area contributed by atoms with Gasteiger partial charge in [0.05, 0.1) is 24.2 Å². The van der Waals surface area contributed by atoms with Crippen LogP contribution < -0.4 is 14.4 Å². The SMILES string of the molecule is COc1ccc(S(=O)(=O)NCc2ccnc(N3CCCCC3)n2)cc1F. The maximum Gasteiger partial charge on any atom is 0.241 e. The molecule has 1 aromatic carbocycles. The molecule has 0 saturated carbocycles. The largest absolute Gasteiger partial charge is 0.494 e. The Balaban J connectivity index is 1.70. The average molecular weight is 380 g/mol. The Hall–Kier alpha value is -2.26. The molecule has 9 heteroatoms. The molecule has 0 atom stereocenters. The van der Waals surface area contributed by atoms with E-state index >= 15 is 0 Å². The number of nitrogens with zero attached hydrogens (tertiary/aromatic N) is 3. The summed E-state index contributed by atoms with van der Waals surface area (Å²) in [6.45, 7) is 1.81. The van der Waals surface area contributed by atoms with Gasteiger partial charge in [-0.25, -0.2) is 27.5 Å². The minimum atomic E-state index is -3.86. The summed E-state index contributed by atoms with van der Waals surface area (Å²) in [7, 11) is -2.54. The summed E-state index contributed by atoms with van der Waals surface area (Å²) >= 11 is 0. The van der Waals surface area contributed by atoms with E-state index in [-0.39, 0.29) is 17.2 Å². The van der Waals surface area contributed by atoms with E-state index in [1.54, 1.807) is 12.3 Å². The van der Waals surface area contributed by atoms with Gasteiger partial charge in [-0.2, -0.15) is 0 Å². The molecule has 2 heterocycles. The van der Waals surface area contributed by atoms with Gasteiger partial charge in [-0.1, -0.05) is 0 Å². The second-order valence-corrected chi connectivity index (χ2v) is 7.78. The number of hydrogen-bond acceptors (Lipinski definition) is 6. The van der Waals surface area contributed by atoms with Crippen molar-refractivity contribution >= 4 is 16.0 Å². The number of halogens is 1. The predicted octanol–water partition coefficient (Wildman–Crippen LogP) is 2.09. The van der Waals surface area contributed by atoms with Gasteiger partial charge >= 0.3 is 0 Å². The maximum atomic E-state index is 13.8. The van der Waals surface area contributed by atoms with Crippen molar-refractivity contribution in [2.45, 2.75) is 30.7 Å². The molecule has 0 radical (unpaired) electrons. The highest BCUT2D eigenvalue weighted by atomic mass is 32.2. The molecule has 2 aromatic rings. The molecule has 1 N–H and O–H groups in total. The summed E-state index contributed by atoms with van der Waals surface area (Å²) in [6, 6.07) is 5.16. The summed E-state index contributed by atoms with van der Waals surface area (Å²) in [5, 5.41) is 0. The molecule has 0 aliphatic carbocycles. The Labute approximate surface area is 152 Å². The van der Waals surface area contributed by atoms with E-state index in [9.17, 15) is 12.8 Å². The Morgan fingerprint density at radius 2 is 2.00 bits per heavy atom. The molecule has 7 nitrogen and oxygen atoms in total. The van der Waals surface area contributed by atoms with Gasteiger partial charge in [0, 0.05) is 19.3 Å². The van der Waals surface area contributed by atoms with Crippen molar-refractivity contribution < 1.29 is 17.5 Å². The molecule has 1 aliphatic rings. The third kappa shape index (κ3) is 4.28. The quantitative estimate of drug-likeness (QED) is 0.826. The van der Waals surface area contributed by atoms with E-state index in [0.717, 1.165) is 32.0 Å². The van der Waals surface area contributed by atoms with Gasteiger partial charge in [0.2, 0.25) is 16.0 Å². The Bertz CT molecular complexity index is 870. The van der Waals surface area contributed by atoms with E-state index in [4.69, 9.17) is 4.74 Å². The third-order valence-corrected chi connectivity index (χ3v) is 5.62. The number of rotatable bonds is 6. The molecule has 1 aliphatic heterocycles. The van der Waals surface area contributed by atoms with E-state index in [2.05, 4.69) is 19.6 Å². The number of hydrogen-bond donors (Lipinski definition) is 1. The fourth-order valence-corrected chi connectivity index (χ4v) is 3.81. The molecule has 3 rings (SSSR count). The van der Waals surface area contributed by atoms with Crippen LogP contribution in [-0.4, -0.2) is 38.6 Å². The summed E-state index contributed by atoms with van der Waals surface area (Å²) in [5.74, 6) is -0.132. The number of benzene rings is 1. The van der Waals surface area contributed by atoms with Crippen molar-refractivity contribution in [2.75, 3.05) is 25.1 Å². The predicted molar refractivity (Wildman–Crippen MR) is 95.1 cm³/mol.